The number of aliphatic hydroxyl groups is 1. The van der Waals surface area contributed by atoms with Crippen molar-refractivity contribution in [2.24, 2.45) is 0 Å². The molecule has 0 aromatic carbocycles. The minimum atomic E-state index is -0.820. The van der Waals surface area contributed by atoms with Gasteiger partial charge in [0.15, 0.2) is 0 Å². The molecule has 0 radical (unpaired) electrons. The second-order valence-electron chi connectivity index (χ2n) is 5.32. The van der Waals surface area contributed by atoms with E-state index in [2.05, 4.69) is 5.32 Å². The molecule has 0 bridgehead atoms. The number of hydrogen-bond donors (Lipinski definition) is 2. The molecule has 2 heterocycles. The molecule has 102 valence electrons. The van der Waals surface area contributed by atoms with Gasteiger partial charge in [-0.15, -0.1) is 0 Å². The van der Waals surface area contributed by atoms with Gasteiger partial charge in [-0.05, 0) is 19.4 Å². The van der Waals surface area contributed by atoms with Crippen molar-refractivity contribution in [3.63, 3.8) is 0 Å². The summed E-state index contributed by atoms with van der Waals surface area (Å²) in [6, 6.07) is 0. The summed E-state index contributed by atoms with van der Waals surface area (Å²) in [7, 11) is 1.68. The van der Waals surface area contributed by atoms with Crippen molar-refractivity contribution in [3.05, 3.63) is 0 Å². The van der Waals surface area contributed by atoms with Crippen molar-refractivity contribution in [2.45, 2.75) is 24.9 Å². The summed E-state index contributed by atoms with van der Waals surface area (Å²) < 4.78 is 0. The number of likely N-dealkylation sites (tertiary alicyclic amines) is 1. The van der Waals surface area contributed by atoms with Gasteiger partial charge < -0.3 is 20.2 Å². The summed E-state index contributed by atoms with van der Waals surface area (Å²) in [5.74, 6) is -0.0523. The molecule has 0 saturated carbocycles. The first-order valence-electron chi connectivity index (χ1n) is 6.45. The number of amides is 2. The molecule has 2 fully saturated rings. The Balaban J connectivity index is 1.83. The number of carbonyl (C=O) groups is 2. The van der Waals surface area contributed by atoms with E-state index in [1.165, 1.54) is 4.90 Å². The molecule has 0 aliphatic carbocycles. The van der Waals surface area contributed by atoms with Gasteiger partial charge >= 0.3 is 0 Å². The number of carbonyl (C=O) groups excluding carboxylic acids is 2. The monoisotopic (exact) mass is 255 g/mol. The predicted molar refractivity (Wildman–Crippen MR) is 65.9 cm³/mol. The lowest BCUT2D eigenvalue weighted by Crippen LogP contribution is -2.48. The summed E-state index contributed by atoms with van der Waals surface area (Å²) in [5, 5.41) is 13.3. The maximum atomic E-state index is 12.0. The number of β-amino-alcohol motifs (C(OH)–C–C–N with tert-alkyl or cyclic N) is 1. The van der Waals surface area contributed by atoms with Gasteiger partial charge in [0, 0.05) is 26.6 Å². The third kappa shape index (κ3) is 3.00. The molecule has 1 atom stereocenters. The quantitative estimate of drug-likeness (QED) is 0.661. The molecule has 1 unspecified atom stereocenters. The average Bonchev–Trinajstić information content (AvgIpc) is 2.89. The van der Waals surface area contributed by atoms with Crippen LogP contribution in [0, 0.1) is 0 Å². The smallest absolute Gasteiger partial charge is 0.242 e. The third-order valence-corrected chi connectivity index (χ3v) is 3.68. The number of likely N-dealkylation sites (N-methyl/N-ethyl adjacent to an activating group) is 1. The highest BCUT2D eigenvalue weighted by molar-refractivity contribution is 5.85. The van der Waals surface area contributed by atoms with Crippen LogP contribution in [0.15, 0.2) is 0 Å². The fourth-order valence-corrected chi connectivity index (χ4v) is 2.55. The number of nitrogens with zero attached hydrogens (tertiary/aromatic N) is 2. The predicted octanol–water partition coefficient (Wildman–Crippen LogP) is -1.21. The molecular formula is C12H21N3O3. The van der Waals surface area contributed by atoms with Gasteiger partial charge in [-0.3, -0.25) is 9.59 Å². The zero-order chi connectivity index (χ0) is 13.2. The van der Waals surface area contributed by atoms with Crippen molar-refractivity contribution >= 4 is 11.8 Å². The highest BCUT2D eigenvalue weighted by Gasteiger charge is 2.34. The highest BCUT2D eigenvalue weighted by atomic mass is 16.3. The molecule has 2 aliphatic heterocycles. The molecule has 2 N–H and O–H groups in total. The first-order valence-corrected chi connectivity index (χ1v) is 6.45. The maximum absolute atomic E-state index is 12.0. The van der Waals surface area contributed by atoms with Crippen molar-refractivity contribution in [3.8, 4) is 0 Å². The summed E-state index contributed by atoms with van der Waals surface area (Å²) in [4.78, 5) is 26.5. The minimum absolute atomic E-state index is 0.0537. The van der Waals surface area contributed by atoms with Crippen LogP contribution in [-0.4, -0.2) is 72.1 Å². The van der Waals surface area contributed by atoms with Crippen LogP contribution in [0.25, 0.3) is 0 Å². The molecule has 6 heteroatoms. The Hall–Kier alpha value is -1.14. The molecule has 2 aliphatic rings. The zero-order valence-corrected chi connectivity index (χ0v) is 10.8. The number of nitrogens with one attached hydrogen (secondary N) is 1. The van der Waals surface area contributed by atoms with E-state index < -0.39 is 5.60 Å². The first kappa shape index (κ1) is 13.3. The standard InChI is InChI=1S/C12H21N3O3/c1-14(9-12(18)4-5-13-8-12)11(17)7-15-6-2-3-10(15)16/h13,18H,2-9H2,1H3. The van der Waals surface area contributed by atoms with E-state index in [1.807, 2.05) is 0 Å². The Labute approximate surface area is 107 Å². The second-order valence-corrected chi connectivity index (χ2v) is 5.32. The molecule has 2 amide bonds. The van der Waals surface area contributed by atoms with Crippen LogP contribution >= 0.6 is 0 Å². The summed E-state index contributed by atoms with van der Waals surface area (Å²) in [6.45, 7) is 2.43. The second kappa shape index (κ2) is 5.24. The van der Waals surface area contributed by atoms with E-state index in [4.69, 9.17) is 0 Å². The molecule has 2 rings (SSSR count). The van der Waals surface area contributed by atoms with E-state index >= 15 is 0 Å². The van der Waals surface area contributed by atoms with Gasteiger partial charge in [-0.2, -0.15) is 0 Å². The van der Waals surface area contributed by atoms with Gasteiger partial charge in [-0.1, -0.05) is 0 Å². The molecular weight excluding hydrogens is 234 g/mol. The Morgan fingerprint density at radius 2 is 2.39 bits per heavy atom. The van der Waals surface area contributed by atoms with Crippen molar-refractivity contribution in [2.75, 3.05) is 39.8 Å². The Kier molecular flexibility index (Phi) is 3.87. The summed E-state index contributed by atoms with van der Waals surface area (Å²) in [6.07, 6.45) is 2.04. The summed E-state index contributed by atoms with van der Waals surface area (Å²) >= 11 is 0. The van der Waals surface area contributed by atoms with Gasteiger partial charge in [0.2, 0.25) is 11.8 Å². The van der Waals surface area contributed by atoms with Crippen LogP contribution in [0.4, 0.5) is 0 Å². The first-order chi connectivity index (χ1) is 8.50. The fourth-order valence-electron chi connectivity index (χ4n) is 2.55. The molecule has 6 nitrogen and oxygen atoms in total. The molecule has 18 heavy (non-hydrogen) atoms. The minimum Gasteiger partial charge on any atom is -0.387 e. The summed E-state index contributed by atoms with van der Waals surface area (Å²) in [5.41, 5.74) is -0.820. The Morgan fingerprint density at radius 1 is 1.61 bits per heavy atom. The topological polar surface area (TPSA) is 72.9 Å². The van der Waals surface area contributed by atoms with Crippen LogP contribution < -0.4 is 5.32 Å². The molecule has 0 spiro atoms. The van der Waals surface area contributed by atoms with Crippen molar-refractivity contribution in [1.29, 1.82) is 0 Å². The fraction of sp³-hybridized carbons (Fsp3) is 0.833. The largest absolute Gasteiger partial charge is 0.387 e. The lowest BCUT2D eigenvalue weighted by molar-refractivity contribution is -0.139. The van der Waals surface area contributed by atoms with Crippen LogP contribution in [0.1, 0.15) is 19.3 Å². The van der Waals surface area contributed by atoms with E-state index in [0.29, 0.717) is 32.5 Å². The van der Waals surface area contributed by atoms with Crippen molar-refractivity contribution < 1.29 is 14.7 Å². The molecule has 0 aromatic rings. The van der Waals surface area contributed by atoms with Crippen molar-refractivity contribution in [1.82, 2.24) is 15.1 Å². The van der Waals surface area contributed by atoms with Crippen LogP contribution in [-0.2, 0) is 9.59 Å². The van der Waals surface area contributed by atoms with E-state index in [0.717, 1.165) is 13.0 Å². The van der Waals surface area contributed by atoms with E-state index in [9.17, 15) is 14.7 Å². The SMILES string of the molecule is CN(CC1(O)CCNC1)C(=O)CN1CCCC1=O. The normalized spacial score (nSPS) is 27.9. The number of hydrogen-bond acceptors (Lipinski definition) is 4. The van der Waals surface area contributed by atoms with E-state index in [1.54, 1.807) is 11.9 Å². The maximum Gasteiger partial charge on any atom is 0.242 e. The average molecular weight is 255 g/mol. The van der Waals surface area contributed by atoms with Crippen LogP contribution in [0.2, 0.25) is 0 Å². The van der Waals surface area contributed by atoms with Gasteiger partial charge in [0.25, 0.3) is 0 Å². The van der Waals surface area contributed by atoms with E-state index in [-0.39, 0.29) is 18.4 Å². The Morgan fingerprint density at radius 3 is 2.94 bits per heavy atom. The van der Waals surface area contributed by atoms with Crippen LogP contribution in [0.5, 0.6) is 0 Å². The highest BCUT2D eigenvalue weighted by Crippen LogP contribution is 2.16. The zero-order valence-electron chi connectivity index (χ0n) is 10.8. The van der Waals surface area contributed by atoms with Crippen LogP contribution in [0.3, 0.4) is 0 Å². The molecule has 0 aromatic heterocycles. The van der Waals surface area contributed by atoms with Gasteiger partial charge in [0.05, 0.1) is 18.7 Å². The lowest BCUT2D eigenvalue weighted by Gasteiger charge is -2.29. The lowest BCUT2D eigenvalue weighted by atomic mass is 10.0. The van der Waals surface area contributed by atoms with Gasteiger partial charge in [0.1, 0.15) is 0 Å². The third-order valence-electron chi connectivity index (χ3n) is 3.68. The number of rotatable bonds is 4. The Bertz CT molecular complexity index is 339. The van der Waals surface area contributed by atoms with Gasteiger partial charge in [-0.25, -0.2) is 0 Å². The molecule has 2 saturated heterocycles.